The Labute approximate surface area is 131 Å². The summed E-state index contributed by atoms with van der Waals surface area (Å²) >= 11 is 6.06. The average Bonchev–Trinajstić information content (AvgIpc) is 2.36. The van der Waals surface area contributed by atoms with Gasteiger partial charge in [-0.25, -0.2) is 8.42 Å². The van der Waals surface area contributed by atoms with Crippen LogP contribution in [0.2, 0.25) is 5.02 Å². The summed E-state index contributed by atoms with van der Waals surface area (Å²) < 4.78 is 24.7. The van der Waals surface area contributed by atoms with Crippen molar-refractivity contribution in [1.29, 1.82) is 5.26 Å². The molecule has 0 spiro atoms. The number of nitrogens with zero attached hydrogens (tertiary/aromatic N) is 1. The second-order valence-corrected chi connectivity index (χ2v) is 7.90. The predicted octanol–water partition coefficient (Wildman–Crippen LogP) is 3.45. The molecule has 0 saturated carbocycles. The lowest BCUT2D eigenvalue weighted by Crippen LogP contribution is -2.22. The Morgan fingerprint density at radius 2 is 2.05 bits per heavy atom. The molecule has 0 aliphatic rings. The minimum absolute atomic E-state index is 0.00805. The third kappa shape index (κ3) is 6.69. The lowest BCUT2D eigenvalue weighted by molar-refractivity contribution is 0.364. The fourth-order valence-electron chi connectivity index (χ4n) is 1.73. The highest BCUT2D eigenvalue weighted by Crippen LogP contribution is 2.28. The maximum absolute atomic E-state index is 11.2. The van der Waals surface area contributed by atoms with E-state index in [-0.39, 0.29) is 5.41 Å². The molecule has 116 valence electrons. The molecule has 0 atom stereocenters. The first-order valence-electron chi connectivity index (χ1n) is 6.51. The summed E-state index contributed by atoms with van der Waals surface area (Å²) in [6.07, 6.45) is 2.40. The van der Waals surface area contributed by atoms with Crippen LogP contribution in [0.3, 0.4) is 0 Å². The third-order valence-corrected chi connectivity index (χ3v) is 3.85. The molecule has 0 fully saturated rings. The Morgan fingerprint density at radius 3 is 2.57 bits per heavy atom. The molecule has 1 rings (SSSR count). The van der Waals surface area contributed by atoms with Crippen molar-refractivity contribution in [2.75, 3.05) is 22.8 Å². The van der Waals surface area contributed by atoms with Crippen LogP contribution in [0, 0.1) is 16.7 Å². The Kier molecular flexibility index (Phi) is 5.87. The van der Waals surface area contributed by atoms with Crippen LogP contribution in [0.5, 0.6) is 0 Å². The van der Waals surface area contributed by atoms with Gasteiger partial charge in [-0.05, 0) is 30.0 Å². The molecule has 1 aromatic rings. The maximum Gasteiger partial charge on any atom is 0.229 e. The van der Waals surface area contributed by atoms with Gasteiger partial charge in [0.1, 0.15) is 0 Å². The maximum atomic E-state index is 11.2. The van der Waals surface area contributed by atoms with E-state index in [2.05, 4.69) is 30.0 Å². The van der Waals surface area contributed by atoms with E-state index < -0.39 is 10.0 Å². The summed E-state index contributed by atoms with van der Waals surface area (Å²) in [6.45, 7) is 4.86. The van der Waals surface area contributed by atoms with Gasteiger partial charge in [0.15, 0.2) is 0 Å². The van der Waals surface area contributed by atoms with Crippen molar-refractivity contribution in [1.82, 2.24) is 0 Å². The number of nitrogens with one attached hydrogen (secondary N) is 2. The number of sulfonamides is 1. The third-order valence-electron chi connectivity index (χ3n) is 2.95. The van der Waals surface area contributed by atoms with Gasteiger partial charge in [0, 0.05) is 18.7 Å². The lowest BCUT2D eigenvalue weighted by Gasteiger charge is -2.24. The second-order valence-electron chi connectivity index (χ2n) is 5.74. The van der Waals surface area contributed by atoms with Crippen LogP contribution in [0.4, 0.5) is 11.4 Å². The van der Waals surface area contributed by atoms with Crippen molar-refractivity contribution in [3.8, 4) is 6.07 Å². The molecule has 0 aromatic heterocycles. The van der Waals surface area contributed by atoms with Gasteiger partial charge < -0.3 is 5.32 Å². The van der Waals surface area contributed by atoms with Gasteiger partial charge in [-0.1, -0.05) is 25.4 Å². The van der Waals surface area contributed by atoms with Crippen LogP contribution in [0.25, 0.3) is 0 Å². The average molecular weight is 330 g/mol. The van der Waals surface area contributed by atoms with Gasteiger partial charge in [-0.15, -0.1) is 0 Å². The topological polar surface area (TPSA) is 82.0 Å². The van der Waals surface area contributed by atoms with E-state index in [4.69, 9.17) is 16.9 Å². The summed E-state index contributed by atoms with van der Waals surface area (Å²) in [4.78, 5) is 0. The molecule has 7 heteroatoms. The molecule has 21 heavy (non-hydrogen) atoms. The Morgan fingerprint density at radius 1 is 1.38 bits per heavy atom. The fraction of sp³-hybridized carbons (Fsp3) is 0.500. The van der Waals surface area contributed by atoms with Crippen LogP contribution in [-0.2, 0) is 10.0 Å². The fourth-order valence-corrected chi connectivity index (χ4v) is 2.59. The van der Waals surface area contributed by atoms with E-state index in [0.29, 0.717) is 23.7 Å². The summed E-state index contributed by atoms with van der Waals surface area (Å²) in [5, 5.41) is 12.2. The molecule has 0 bridgehead atoms. The zero-order valence-electron chi connectivity index (χ0n) is 12.4. The highest BCUT2D eigenvalue weighted by Gasteiger charge is 2.17. The van der Waals surface area contributed by atoms with Crippen molar-refractivity contribution in [2.45, 2.75) is 26.7 Å². The van der Waals surface area contributed by atoms with Gasteiger partial charge in [0.25, 0.3) is 0 Å². The molecule has 0 unspecified atom stereocenters. The number of hydrogen-bond donors (Lipinski definition) is 2. The minimum atomic E-state index is -3.34. The zero-order valence-corrected chi connectivity index (χ0v) is 14.0. The standard InChI is InChI=1S/C14H20ClN3O2S/c1-14(2,7-4-8-16)10-17-11-5-6-13(12(15)9-11)18-21(3,19)20/h5-6,9,17-18H,4,7,10H2,1-3H3. The molecule has 0 amide bonds. The van der Waals surface area contributed by atoms with Crippen molar-refractivity contribution < 1.29 is 8.42 Å². The van der Waals surface area contributed by atoms with Crippen LogP contribution in [0.15, 0.2) is 18.2 Å². The summed E-state index contributed by atoms with van der Waals surface area (Å²) in [5.74, 6) is 0. The molecule has 0 aliphatic carbocycles. The van der Waals surface area contributed by atoms with Gasteiger partial charge in [0.05, 0.1) is 23.0 Å². The number of hydrogen-bond acceptors (Lipinski definition) is 4. The van der Waals surface area contributed by atoms with Crippen LogP contribution >= 0.6 is 11.6 Å². The van der Waals surface area contributed by atoms with Crippen LogP contribution in [0.1, 0.15) is 26.7 Å². The van der Waals surface area contributed by atoms with Crippen molar-refractivity contribution >= 4 is 33.0 Å². The highest BCUT2D eigenvalue weighted by molar-refractivity contribution is 7.92. The normalized spacial score (nSPS) is 11.8. The zero-order chi connectivity index (χ0) is 16.1. The monoisotopic (exact) mass is 329 g/mol. The van der Waals surface area contributed by atoms with Gasteiger partial charge in [0.2, 0.25) is 10.0 Å². The Bertz CT molecular complexity index is 636. The highest BCUT2D eigenvalue weighted by atomic mass is 35.5. The quantitative estimate of drug-likeness (QED) is 0.802. The van der Waals surface area contributed by atoms with Crippen molar-refractivity contribution in [3.05, 3.63) is 23.2 Å². The summed E-state index contributed by atoms with van der Waals surface area (Å²) in [6, 6.07) is 7.20. The van der Waals surface area contributed by atoms with E-state index in [1.165, 1.54) is 0 Å². The summed E-state index contributed by atoms with van der Waals surface area (Å²) in [5.41, 5.74) is 1.16. The molecule has 0 aliphatic heterocycles. The molecule has 1 aromatic carbocycles. The molecular weight excluding hydrogens is 310 g/mol. The Balaban J connectivity index is 2.70. The number of halogens is 1. The molecule has 0 radical (unpaired) electrons. The molecular formula is C14H20ClN3O2S. The predicted molar refractivity (Wildman–Crippen MR) is 87.0 cm³/mol. The van der Waals surface area contributed by atoms with E-state index >= 15 is 0 Å². The van der Waals surface area contributed by atoms with Crippen LogP contribution < -0.4 is 10.0 Å². The number of rotatable bonds is 7. The minimum Gasteiger partial charge on any atom is -0.384 e. The molecule has 0 heterocycles. The van der Waals surface area contributed by atoms with E-state index in [0.717, 1.165) is 18.4 Å². The molecule has 2 N–H and O–H groups in total. The van der Waals surface area contributed by atoms with E-state index in [9.17, 15) is 8.42 Å². The second kappa shape index (κ2) is 7.01. The number of benzene rings is 1. The van der Waals surface area contributed by atoms with Crippen molar-refractivity contribution in [2.24, 2.45) is 5.41 Å². The van der Waals surface area contributed by atoms with Gasteiger partial charge in [-0.2, -0.15) is 5.26 Å². The summed E-state index contributed by atoms with van der Waals surface area (Å²) in [7, 11) is -3.34. The number of anilines is 2. The smallest absolute Gasteiger partial charge is 0.229 e. The van der Waals surface area contributed by atoms with Gasteiger partial charge in [-0.3, -0.25) is 4.72 Å². The SMILES string of the molecule is CC(C)(CCC#N)CNc1ccc(NS(C)(=O)=O)c(Cl)c1. The van der Waals surface area contributed by atoms with Crippen LogP contribution in [-0.4, -0.2) is 21.2 Å². The molecule has 5 nitrogen and oxygen atoms in total. The number of nitriles is 1. The van der Waals surface area contributed by atoms with Gasteiger partial charge >= 0.3 is 0 Å². The Hall–Kier alpha value is -1.45. The first-order valence-corrected chi connectivity index (χ1v) is 8.78. The first kappa shape index (κ1) is 17.6. The van der Waals surface area contributed by atoms with E-state index in [1.807, 2.05) is 0 Å². The van der Waals surface area contributed by atoms with E-state index in [1.54, 1.807) is 18.2 Å². The molecule has 0 saturated heterocycles. The lowest BCUT2D eigenvalue weighted by atomic mass is 9.88. The van der Waals surface area contributed by atoms with Crippen molar-refractivity contribution in [3.63, 3.8) is 0 Å². The largest absolute Gasteiger partial charge is 0.384 e. The first-order chi connectivity index (χ1) is 9.63.